The van der Waals surface area contributed by atoms with E-state index < -0.39 is 18.0 Å². The van der Waals surface area contributed by atoms with Gasteiger partial charge in [-0.2, -0.15) is 13.2 Å². The van der Waals surface area contributed by atoms with Gasteiger partial charge in [-0.05, 0) is 30.2 Å². The molecule has 0 saturated heterocycles. The van der Waals surface area contributed by atoms with Crippen LogP contribution in [0.5, 0.6) is 0 Å². The van der Waals surface area contributed by atoms with Crippen LogP contribution >= 0.6 is 27.5 Å². The number of aliphatic hydroxyl groups is 1. The van der Waals surface area contributed by atoms with Gasteiger partial charge in [0, 0.05) is 10.0 Å². The van der Waals surface area contributed by atoms with Crippen molar-refractivity contribution in [2.24, 2.45) is 0 Å². The lowest BCUT2D eigenvalue weighted by Crippen LogP contribution is -2.10. The highest BCUT2D eigenvalue weighted by atomic mass is 79.9. The predicted octanol–water partition coefficient (Wildman–Crippen LogP) is 4.91. The van der Waals surface area contributed by atoms with Crippen molar-refractivity contribution in [3.8, 4) is 0 Å². The Labute approximate surface area is 132 Å². The van der Waals surface area contributed by atoms with E-state index in [1.165, 1.54) is 0 Å². The van der Waals surface area contributed by atoms with Crippen molar-refractivity contribution in [1.29, 1.82) is 0 Å². The molecule has 0 aliphatic carbocycles. The van der Waals surface area contributed by atoms with Crippen LogP contribution in [0.1, 0.15) is 28.5 Å². The van der Waals surface area contributed by atoms with Crippen molar-refractivity contribution in [1.82, 2.24) is 4.98 Å². The molecule has 0 amide bonds. The van der Waals surface area contributed by atoms with Gasteiger partial charge in [0.1, 0.15) is 17.0 Å². The van der Waals surface area contributed by atoms with Gasteiger partial charge in [-0.15, -0.1) is 0 Å². The summed E-state index contributed by atoms with van der Waals surface area (Å²) in [5, 5.41) is 9.98. The van der Waals surface area contributed by atoms with E-state index in [1.807, 2.05) is 0 Å². The van der Waals surface area contributed by atoms with Crippen molar-refractivity contribution in [3.05, 3.63) is 62.3 Å². The monoisotopic (exact) mass is 379 g/mol. The van der Waals surface area contributed by atoms with E-state index in [4.69, 9.17) is 11.6 Å². The predicted molar refractivity (Wildman–Crippen MR) is 77.2 cm³/mol. The van der Waals surface area contributed by atoms with Gasteiger partial charge in [0.05, 0.1) is 0 Å². The van der Waals surface area contributed by atoms with Crippen LogP contribution in [0.2, 0.25) is 5.15 Å². The van der Waals surface area contributed by atoms with Crippen LogP contribution in [0, 0.1) is 6.92 Å². The molecule has 0 radical (unpaired) electrons. The first-order chi connectivity index (χ1) is 9.71. The topological polar surface area (TPSA) is 33.1 Å². The second-order valence-electron chi connectivity index (χ2n) is 4.43. The summed E-state index contributed by atoms with van der Waals surface area (Å²) in [6, 6.07) is 7.15. The third-order valence-electron chi connectivity index (χ3n) is 3.07. The number of nitrogens with zero attached hydrogens (tertiary/aromatic N) is 1. The molecule has 1 N–H and O–H groups in total. The van der Waals surface area contributed by atoms with Gasteiger partial charge in [-0.1, -0.05) is 45.7 Å². The van der Waals surface area contributed by atoms with E-state index in [2.05, 4.69) is 20.9 Å². The number of pyridine rings is 1. The fraction of sp³-hybridized carbons (Fsp3) is 0.214. The van der Waals surface area contributed by atoms with E-state index >= 15 is 0 Å². The molecule has 0 saturated carbocycles. The molecule has 2 aromatic rings. The van der Waals surface area contributed by atoms with Crippen LogP contribution in [0.3, 0.4) is 0 Å². The lowest BCUT2D eigenvalue weighted by atomic mass is 9.98. The number of alkyl halides is 3. The molecule has 1 heterocycles. The first-order valence-corrected chi connectivity index (χ1v) is 7.05. The molecule has 7 heteroatoms. The van der Waals surface area contributed by atoms with Crippen molar-refractivity contribution in [2.75, 3.05) is 0 Å². The summed E-state index contributed by atoms with van der Waals surface area (Å²) in [4.78, 5) is 3.31. The molecule has 2 rings (SSSR count). The van der Waals surface area contributed by atoms with E-state index in [0.29, 0.717) is 5.56 Å². The Morgan fingerprint density at radius 1 is 1.19 bits per heavy atom. The average Bonchev–Trinajstić information content (AvgIpc) is 2.40. The molecule has 0 aliphatic heterocycles. The van der Waals surface area contributed by atoms with E-state index in [9.17, 15) is 18.3 Å². The molecule has 2 nitrogen and oxygen atoms in total. The number of rotatable bonds is 2. The van der Waals surface area contributed by atoms with Gasteiger partial charge >= 0.3 is 6.18 Å². The van der Waals surface area contributed by atoms with Gasteiger partial charge < -0.3 is 5.11 Å². The molecule has 21 heavy (non-hydrogen) atoms. The summed E-state index contributed by atoms with van der Waals surface area (Å²) >= 11 is 9.12. The normalized spacial score (nSPS) is 13.3. The van der Waals surface area contributed by atoms with Crippen molar-refractivity contribution < 1.29 is 18.3 Å². The average molecular weight is 381 g/mol. The van der Waals surface area contributed by atoms with Crippen molar-refractivity contribution in [2.45, 2.75) is 19.2 Å². The van der Waals surface area contributed by atoms with Crippen LogP contribution < -0.4 is 0 Å². The molecule has 112 valence electrons. The zero-order valence-corrected chi connectivity index (χ0v) is 13.1. The van der Waals surface area contributed by atoms with E-state index in [1.54, 1.807) is 25.1 Å². The van der Waals surface area contributed by atoms with Gasteiger partial charge in [-0.3, -0.25) is 0 Å². The summed E-state index contributed by atoms with van der Waals surface area (Å²) in [6.07, 6.45) is -5.72. The molecule has 0 fully saturated rings. The van der Waals surface area contributed by atoms with Gasteiger partial charge in [-0.25, -0.2) is 4.98 Å². The maximum Gasteiger partial charge on any atom is 0.433 e. The van der Waals surface area contributed by atoms with Crippen LogP contribution in [0.25, 0.3) is 0 Å². The Morgan fingerprint density at radius 3 is 2.43 bits per heavy atom. The van der Waals surface area contributed by atoms with Crippen LogP contribution in [0.15, 0.2) is 34.8 Å². The van der Waals surface area contributed by atoms with Gasteiger partial charge in [0.2, 0.25) is 0 Å². The van der Waals surface area contributed by atoms with Crippen molar-refractivity contribution in [3.63, 3.8) is 0 Å². The Balaban J connectivity index is 2.45. The Kier molecular flexibility index (Phi) is 4.60. The molecular weight excluding hydrogens is 371 g/mol. The first-order valence-electron chi connectivity index (χ1n) is 5.88. The largest absolute Gasteiger partial charge is 0.433 e. The molecule has 0 spiro atoms. The fourth-order valence-corrected chi connectivity index (χ4v) is 2.53. The fourth-order valence-electron chi connectivity index (χ4n) is 1.89. The first kappa shape index (κ1) is 16.3. The third-order valence-corrected chi connectivity index (χ3v) is 4.23. The number of hydrogen-bond donors (Lipinski definition) is 1. The maximum absolute atomic E-state index is 12.6. The van der Waals surface area contributed by atoms with Gasteiger partial charge in [0.25, 0.3) is 0 Å². The molecule has 0 bridgehead atoms. The third kappa shape index (κ3) is 3.39. The second-order valence-corrected chi connectivity index (χ2v) is 5.64. The lowest BCUT2D eigenvalue weighted by molar-refractivity contribution is -0.141. The summed E-state index contributed by atoms with van der Waals surface area (Å²) in [6.45, 7) is 1.79. The molecule has 1 aromatic heterocycles. The minimum absolute atomic E-state index is 0.130. The number of benzene rings is 1. The number of aromatic nitrogens is 1. The summed E-state index contributed by atoms with van der Waals surface area (Å²) in [7, 11) is 0. The Hall–Kier alpha value is -1.11. The van der Waals surface area contributed by atoms with Crippen molar-refractivity contribution >= 4 is 27.5 Å². The summed E-state index contributed by atoms with van der Waals surface area (Å²) in [5.41, 5.74) is 0.370. The zero-order chi connectivity index (χ0) is 15.8. The van der Waals surface area contributed by atoms with Crippen LogP contribution in [-0.4, -0.2) is 10.1 Å². The minimum Gasteiger partial charge on any atom is -0.384 e. The SMILES string of the molecule is Cc1c(Br)cccc1C(O)c1ccc(C(F)(F)F)nc1Cl. The quantitative estimate of drug-likeness (QED) is 0.751. The molecule has 1 aromatic carbocycles. The Morgan fingerprint density at radius 2 is 1.86 bits per heavy atom. The molecule has 1 unspecified atom stereocenters. The highest BCUT2D eigenvalue weighted by molar-refractivity contribution is 9.10. The molecule has 1 atom stereocenters. The maximum atomic E-state index is 12.6. The molecule has 0 aliphatic rings. The zero-order valence-electron chi connectivity index (χ0n) is 10.7. The number of halogens is 5. The van der Waals surface area contributed by atoms with Crippen LogP contribution in [-0.2, 0) is 6.18 Å². The van der Waals surface area contributed by atoms with Gasteiger partial charge in [0.15, 0.2) is 0 Å². The molecular formula is C14H10BrClF3NO. The smallest absolute Gasteiger partial charge is 0.384 e. The number of hydrogen-bond acceptors (Lipinski definition) is 2. The minimum atomic E-state index is -4.57. The highest BCUT2D eigenvalue weighted by Crippen LogP contribution is 2.34. The Bertz CT molecular complexity index is 676. The van der Waals surface area contributed by atoms with E-state index in [0.717, 1.165) is 22.2 Å². The number of aliphatic hydroxyl groups excluding tert-OH is 1. The summed E-state index contributed by atoms with van der Waals surface area (Å²) < 4.78 is 38.4. The summed E-state index contributed by atoms with van der Waals surface area (Å²) in [5.74, 6) is 0. The van der Waals surface area contributed by atoms with Crippen LogP contribution in [0.4, 0.5) is 13.2 Å². The standard InChI is InChI=1S/C14H10BrClF3NO/c1-7-8(3-2-4-10(7)15)12(21)9-5-6-11(14(17,18)19)20-13(9)16/h2-6,12,21H,1H3. The lowest BCUT2D eigenvalue weighted by Gasteiger charge is -2.17. The van der Waals surface area contributed by atoms with E-state index in [-0.39, 0.29) is 10.7 Å². The second kappa shape index (κ2) is 5.94. The highest BCUT2D eigenvalue weighted by Gasteiger charge is 2.33.